The molecule has 0 amide bonds. The summed E-state index contributed by atoms with van der Waals surface area (Å²) in [5.74, 6) is 0. The van der Waals surface area contributed by atoms with E-state index in [1.54, 1.807) is 0 Å². The van der Waals surface area contributed by atoms with Gasteiger partial charge in [-0.1, -0.05) is 396 Å². The van der Waals surface area contributed by atoms with Crippen molar-refractivity contribution in [3.8, 4) is 0 Å². The van der Waals surface area contributed by atoms with Gasteiger partial charge in [0.05, 0.1) is 22.5 Å². The number of nitrogens with zero attached hydrogens (tertiary/aromatic N) is 4. The Balaban J connectivity index is 0.000000161. The summed E-state index contributed by atoms with van der Waals surface area (Å²) >= 11 is 0. The molecule has 0 saturated carbocycles. The average molecular weight is 1570 g/mol. The van der Waals surface area contributed by atoms with Gasteiger partial charge in [0.1, 0.15) is 5.60 Å². The second-order valence-corrected chi connectivity index (χ2v) is 37.7. The molecule has 0 spiro atoms. The lowest BCUT2D eigenvalue weighted by Crippen LogP contribution is -2.77. The van der Waals surface area contributed by atoms with Gasteiger partial charge >= 0.3 is 0 Å². The number of rotatable bonds is 15. The maximum absolute atomic E-state index is 13.6. The van der Waals surface area contributed by atoms with E-state index in [1.165, 1.54) is 97.9 Å². The molecule has 3 N–H and O–H groups in total. The Morgan fingerprint density at radius 1 is 0.235 bits per heavy atom. The number of fused-ring (bicyclic) bond motifs is 6. The van der Waals surface area contributed by atoms with Crippen LogP contribution >= 0.6 is 0 Å². The highest BCUT2D eigenvalue weighted by Crippen LogP contribution is 2.58. The summed E-state index contributed by atoms with van der Waals surface area (Å²) in [5.41, 5.74) is 18.6. The Morgan fingerprint density at radius 2 is 0.496 bits per heavy atom. The number of anilines is 12. The van der Waals surface area contributed by atoms with Crippen LogP contribution in [0.5, 0.6) is 0 Å². The molecule has 6 nitrogen and oxygen atoms in total. The molecule has 21 rings (SSSR count). The zero-order chi connectivity index (χ0) is 78.2. The predicted molar refractivity (Wildman–Crippen MR) is 503 cm³/mol. The van der Waals surface area contributed by atoms with E-state index in [0.29, 0.717) is 0 Å². The van der Waals surface area contributed by atoms with Gasteiger partial charge in [0.25, 0.3) is 0 Å². The third-order valence-corrected chi connectivity index (χ3v) is 33.9. The Labute approximate surface area is 700 Å². The number of hydrogen-bond acceptors (Lipinski definition) is 5. The number of aliphatic hydroxyl groups is 1. The molecule has 0 saturated heterocycles. The van der Waals surface area contributed by atoms with Crippen LogP contribution in [0.2, 0.25) is 0 Å². The van der Waals surface area contributed by atoms with Crippen molar-refractivity contribution in [1.29, 1.82) is 0 Å². The van der Waals surface area contributed by atoms with Gasteiger partial charge in [-0.05, 0) is 178 Å². The van der Waals surface area contributed by atoms with E-state index in [9.17, 15) is 5.11 Å². The molecule has 1 unspecified atom stereocenters. The van der Waals surface area contributed by atoms with Crippen molar-refractivity contribution in [3.63, 3.8) is 0 Å². The molecule has 3 aliphatic heterocycles. The first-order valence-corrected chi connectivity index (χ1v) is 44.3. The van der Waals surface area contributed by atoms with Crippen molar-refractivity contribution in [2.45, 2.75) is 18.4 Å². The van der Waals surface area contributed by atoms with E-state index in [4.69, 9.17) is 0 Å². The molecular weight excluding hydrogens is 1480 g/mol. The standard InChI is InChI=1S/C55H42N2OSi.C55H40N2Si.CH4.H2O/c58-55(42-22-6-1-7-23-42,49-32-16-17-33-50(49)56(44-24-8-2-9-25-44)45-26-10-3-11-27-45)43-38-40-46(41-39-43)57-51-34-18-20-36-53(51)59(47-28-12-4-13-29-47,48-30-14-5-15-31-48)54-37-21-19-35-52(54)57;1-5-21-41(22-6-1)55(47-29-13-15-31-49(47)56(43-23-7-2-8-24-43)50-32-16-14-30-48(50)55)42-37-39-44(40-38-42)57-51-33-17-19-35-53(51)58(45-25-9-3-10-26-45,46-27-11-4-12-28-46)54-36-20-18-34-52(54)57;;/h1-41,58H;1-40H;1H4;1H2. The van der Waals surface area contributed by atoms with Gasteiger partial charge in [0, 0.05) is 56.7 Å². The van der Waals surface area contributed by atoms with Crippen LogP contribution in [-0.4, -0.2) is 26.7 Å². The minimum absolute atomic E-state index is 0. The fourth-order valence-electron chi connectivity index (χ4n) is 19.4. The van der Waals surface area contributed by atoms with Crippen LogP contribution in [0.25, 0.3) is 0 Å². The van der Waals surface area contributed by atoms with Crippen LogP contribution in [0.4, 0.5) is 68.2 Å². The number of hydrogen-bond donors (Lipinski definition) is 1. The van der Waals surface area contributed by atoms with Crippen molar-refractivity contribution >= 4 is 126 Å². The normalized spacial score (nSPS) is 13.8. The van der Waals surface area contributed by atoms with E-state index in [-0.39, 0.29) is 12.9 Å². The highest BCUT2D eigenvalue weighted by molar-refractivity contribution is 7.22. The SMILES string of the molecule is C.O.OC(c1ccccc1)(c1ccc(N2c3ccccc3[Si](c3ccccc3)(c3ccccc3)c3ccccc32)cc1)c1ccccc1N(c1ccccc1)c1ccccc1.c1ccc(N2c3ccccc3C(c3ccccc3)(c3ccc(N4c5ccccc5[Si](c5ccccc5)(c5ccccc5)c5ccccc54)cc3)c3ccccc32)cc1. The largest absolute Gasteiger partial charge is 0.412 e. The lowest BCUT2D eigenvalue weighted by molar-refractivity contribution is 0.126. The molecule has 0 radical (unpaired) electrons. The first-order valence-electron chi connectivity index (χ1n) is 40.3. The summed E-state index contributed by atoms with van der Waals surface area (Å²) < 4.78 is 0. The van der Waals surface area contributed by atoms with Crippen LogP contribution < -0.4 is 61.1 Å². The van der Waals surface area contributed by atoms with Gasteiger partial charge in [0.15, 0.2) is 16.1 Å². The van der Waals surface area contributed by atoms with Crippen molar-refractivity contribution in [3.05, 3.63) is 530 Å². The molecule has 0 aromatic heterocycles. The van der Waals surface area contributed by atoms with Gasteiger partial charge in [0.2, 0.25) is 0 Å². The zero-order valence-electron chi connectivity index (χ0n) is 65.0. The van der Waals surface area contributed by atoms with E-state index < -0.39 is 27.2 Å². The summed E-state index contributed by atoms with van der Waals surface area (Å²) in [6.45, 7) is 0. The molecule has 0 aliphatic carbocycles. The van der Waals surface area contributed by atoms with Crippen molar-refractivity contribution in [2.75, 3.05) is 19.6 Å². The molecular formula is C111H88N4O2Si2. The minimum Gasteiger partial charge on any atom is -0.412 e. The smallest absolute Gasteiger partial charge is 0.184 e. The molecule has 8 heteroatoms. The second-order valence-electron chi connectivity index (χ2n) is 30.2. The van der Waals surface area contributed by atoms with Crippen LogP contribution in [0.3, 0.4) is 0 Å². The monoisotopic (exact) mass is 1560 g/mol. The van der Waals surface area contributed by atoms with Gasteiger partial charge in [-0.2, -0.15) is 0 Å². The number of benzene rings is 18. The predicted octanol–water partition coefficient (Wildman–Crippen LogP) is 21.4. The number of para-hydroxylation sites is 10. The minimum atomic E-state index is -2.74. The molecule has 18 aromatic carbocycles. The first-order chi connectivity index (χ1) is 58.0. The van der Waals surface area contributed by atoms with Crippen molar-refractivity contribution in [2.24, 2.45) is 0 Å². The quantitative estimate of drug-likeness (QED) is 0.0818. The maximum Gasteiger partial charge on any atom is 0.184 e. The molecule has 119 heavy (non-hydrogen) atoms. The molecule has 3 aliphatic rings. The van der Waals surface area contributed by atoms with E-state index in [2.05, 4.69) is 456 Å². The van der Waals surface area contributed by atoms with Gasteiger partial charge in [-0.15, -0.1) is 0 Å². The lowest BCUT2D eigenvalue weighted by atomic mass is 9.62. The van der Waals surface area contributed by atoms with Crippen LogP contribution in [0.1, 0.15) is 46.4 Å². The second kappa shape index (κ2) is 32.3. The third kappa shape index (κ3) is 12.5. The fourth-order valence-corrected chi connectivity index (χ4v) is 29.6. The summed E-state index contributed by atoms with van der Waals surface area (Å²) in [7, 11) is -5.44. The van der Waals surface area contributed by atoms with Gasteiger partial charge in [-0.25, -0.2) is 0 Å². The Kier molecular flexibility index (Phi) is 20.6. The highest BCUT2D eigenvalue weighted by atomic mass is 28.3. The molecule has 572 valence electrons. The summed E-state index contributed by atoms with van der Waals surface area (Å²) in [6.07, 6.45) is 0. The Hall–Kier alpha value is -14.5. The maximum atomic E-state index is 13.6. The van der Waals surface area contributed by atoms with Crippen molar-refractivity contribution < 1.29 is 10.6 Å². The highest BCUT2D eigenvalue weighted by Gasteiger charge is 2.52. The topological polar surface area (TPSA) is 64.7 Å². The van der Waals surface area contributed by atoms with Gasteiger partial charge < -0.3 is 30.2 Å². The first kappa shape index (κ1) is 75.8. The molecule has 0 bridgehead atoms. The van der Waals surface area contributed by atoms with Crippen LogP contribution in [0, 0.1) is 0 Å². The van der Waals surface area contributed by atoms with E-state index in [1.807, 2.05) is 54.6 Å². The van der Waals surface area contributed by atoms with E-state index in [0.717, 1.165) is 50.8 Å². The Morgan fingerprint density at radius 3 is 0.882 bits per heavy atom. The Bertz CT molecular complexity index is 6270. The summed E-state index contributed by atoms with van der Waals surface area (Å²) in [5, 5.41) is 24.5. The van der Waals surface area contributed by atoms with E-state index >= 15 is 0 Å². The molecule has 0 fully saturated rings. The fraction of sp³-hybridized carbons (Fsp3) is 0.0270. The third-order valence-electron chi connectivity index (χ3n) is 24.2. The van der Waals surface area contributed by atoms with Crippen molar-refractivity contribution in [1.82, 2.24) is 0 Å². The van der Waals surface area contributed by atoms with Crippen LogP contribution in [0.15, 0.2) is 491 Å². The molecule has 18 aromatic rings. The lowest BCUT2D eigenvalue weighted by Gasteiger charge is -2.47. The summed E-state index contributed by atoms with van der Waals surface area (Å²) in [6, 6.07) is 178. The zero-order valence-corrected chi connectivity index (χ0v) is 67.0. The van der Waals surface area contributed by atoms with Gasteiger partial charge in [-0.3, -0.25) is 0 Å². The summed E-state index contributed by atoms with van der Waals surface area (Å²) in [4.78, 5) is 9.57. The molecule has 1 atom stereocenters. The average Bonchev–Trinajstić information content (AvgIpc) is 0.705. The molecule has 3 heterocycles. The van der Waals surface area contributed by atoms with Crippen LogP contribution in [-0.2, 0) is 11.0 Å².